The molecule has 4 aromatic rings. The number of carbonyl (C=O) groups is 1. The van der Waals surface area contributed by atoms with Crippen LogP contribution >= 0.6 is 27.3 Å². The van der Waals surface area contributed by atoms with Crippen molar-refractivity contribution in [3.63, 3.8) is 0 Å². The largest absolute Gasteiger partial charge is 0.484 e. The Bertz CT molecular complexity index is 1070. The Morgan fingerprint density at radius 2 is 1.93 bits per heavy atom. The lowest BCUT2D eigenvalue weighted by molar-refractivity contribution is -0.133. The number of benzene rings is 2. The monoisotopic (exact) mass is 454 g/mol. The number of aromatic nitrogens is 1. The van der Waals surface area contributed by atoms with E-state index in [4.69, 9.17) is 4.74 Å². The second-order valence-electron chi connectivity index (χ2n) is 6.45. The van der Waals surface area contributed by atoms with E-state index in [1.54, 1.807) is 16.2 Å². The molecule has 1 unspecified atom stereocenters. The second-order valence-corrected chi connectivity index (χ2v) is 8.35. The number of amides is 1. The van der Waals surface area contributed by atoms with E-state index in [1.165, 1.54) is 0 Å². The van der Waals surface area contributed by atoms with Gasteiger partial charge in [-0.25, -0.2) is 0 Å². The van der Waals surface area contributed by atoms with Crippen LogP contribution in [0.1, 0.15) is 16.5 Å². The molecule has 0 spiro atoms. The third-order valence-electron chi connectivity index (χ3n) is 4.69. The lowest BCUT2D eigenvalue weighted by atomic mass is 10.0. The number of para-hydroxylation sites is 1. The molecule has 28 heavy (non-hydrogen) atoms. The summed E-state index contributed by atoms with van der Waals surface area (Å²) in [5.41, 5.74) is 2.14. The molecular formula is C22H19BrN2O2S. The Kier molecular flexibility index (Phi) is 5.50. The molecule has 142 valence electrons. The van der Waals surface area contributed by atoms with Crippen molar-refractivity contribution >= 4 is 44.1 Å². The van der Waals surface area contributed by atoms with Gasteiger partial charge in [-0.3, -0.25) is 4.79 Å². The average Bonchev–Trinajstić information content (AvgIpc) is 3.38. The Balaban J connectivity index is 1.59. The van der Waals surface area contributed by atoms with E-state index in [0.29, 0.717) is 5.75 Å². The van der Waals surface area contributed by atoms with Gasteiger partial charge in [0.1, 0.15) is 5.75 Å². The van der Waals surface area contributed by atoms with Gasteiger partial charge in [0.15, 0.2) is 6.61 Å². The summed E-state index contributed by atoms with van der Waals surface area (Å²) in [6.45, 7) is -0.0115. The lowest BCUT2D eigenvalue weighted by Crippen LogP contribution is -2.35. The number of hydrogen-bond donors (Lipinski definition) is 1. The van der Waals surface area contributed by atoms with Crippen LogP contribution < -0.4 is 4.74 Å². The Hall–Kier alpha value is -2.57. The number of aromatic amines is 1. The Labute approximate surface area is 175 Å². The van der Waals surface area contributed by atoms with E-state index >= 15 is 0 Å². The molecule has 1 amide bonds. The van der Waals surface area contributed by atoms with Gasteiger partial charge in [0.2, 0.25) is 0 Å². The maximum Gasteiger partial charge on any atom is 0.261 e. The Morgan fingerprint density at radius 1 is 1.14 bits per heavy atom. The molecule has 6 heteroatoms. The van der Waals surface area contributed by atoms with E-state index in [2.05, 4.69) is 33.0 Å². The first-order valence-corrected chi connectivity index (χ1v) is 10.5. The van der Waals surface area contributed by atoms with Crippen LogP contribution in [0.4, 0.5) is 0 Å². The molecule has 0 aliphatic carbocycles. The van der Waals surface area contributed by atoms with E-state index in [9.17, 15) is 4.79 Å². The van der Waals surface area contributed by atoms with Crippen molar-refractivity contribution in [1.82, 2.24) is 9.88 Å². The van der Waals surface area contributed by atoms with Crippen molar-refractivity contribution in [3.8, 4) is 5.75 Å². The van der Waals surface area contributed by atoms with Gasteiger partial charge in [0.05, 0.1) is 6.04 Å². The molecule has 2 heterocycles. The second kappa shape index (κ2) is 8.20. The predicted octanol–water partition coefficient (Wildman–Crippen LogP) is 5.62. The molecule has 0 saturated carbocycles. The maximum absolute atomic E-state index is 12.9. The average molecular weight is 455 g/mol. The van der Waals surface area contributed by atoms with Crippen molar-refractivity contribution in [2.75, 3.05) is 13.7 Å². The fraction of sp³-hybridized carbons (Fsp3) is 0.136. The predicted molar refractivity (Wildman–Crippen MR) is 117 cm³/mol. The first-order chi connectivity index (χ1) is 13.6. The number of hydrogen-bond acceptors (Lipinski definition) is 3. The summed E-state index contributed by atoms with van der Waals surface area (Å²) < 4.78 is 6.67. The molecule has 0 fully saturated rings. The van der Waals surface area contributed by atoms with Gasteiger partial charge in [-0.05, 0) is 41.8 Å². The zero-order valence-corrected chi connectivity index (χ0v) is 17.7. The number of halogens is 1. The van der Waals surface area contributed by atoms with E-state index in [-0.39, 0.29) is 18.6 Å². The molecule has 1 atom stereocenters. The van der Waals surface area contributed by atoms with Crippen molar-refractivity contribution in [1.29, 1.82) is 0 Å². The normalized spacial score (nSPS) is 12.1. The summed E-state index contributed by atoms with van der Waals surface area (Å²) in [6.07, 6.45) is 1.99. The van der Waals surface area contributed by atoms with Gasteiger partial charge in [-0.2, -0.15) is 0 Å². The third-order valence-corrected chi connectivity index (χ3v) is 6.14. The van der Waals surface area contributed by atoms with Crippen molar-refractivity contribution in [2.45, 2.75) is 6.04 Å². The number of thiophene rings is 1. The van der Waals surface area contributed by atoms with Crippen LogP contribution in [0.3, 0.4) is 0 Å². The number of likely N-dealkylation sites (N-methyl/N-ethyl adjacent to an activating group) is 1. The summed E-state index contributed by atoms with van der Waals surface area (Å²) in [4.78, 5) is 19.1. The van der Waals surface area contributed by atoms with Gasteiger partial charge in [0.25, 0.3) is 5.91 Å². The summed E-state index contributed by atoms with van der Waals surface area (Å²) in [5, 5.41) is 3.16. The molecule has 2 aromatic heterocycles. The molecule has 2 aromatic carbocycles. The number of H-pyrrole nitrogens is 1. The summed E-state index contributed by atoms with van der Waals surface area (Å²) >= 11 is 5.04. The lowest BCUT2D eigenvalue weighted by Gasteiger charge is -2.27. The topological polar surface area (TPSA) is 45.3 Å². The number of fused-ring (bicyclic) bond motifs is 1. The highest BCUT2D eigenvalue weighted by Crippen LogP contribution is 2.35. The molecule has 0 aliphatic heterocycles. The quantitative estimate of drug-likeness (QED) is 0.410. The fourth-order valence-corrected chi connectivity index (χ4v) is 4.39. The van der Waals surface area contributed by atoms with Crippen molar-refractivity contribution in [3.05, 3.63) is 87.2 Å². The molecular weight excluding hydrogens is 436 g/mol. The van der Waals surface area contributed by atoms with E-state index in [1.807, 2.05) is 67.2 Å². The molecule has 0 radical (unpaired) electrons. The minimum Gasteiger partial charge on any atom is -0.484 e. The minimum atomic E-state index is -0.169. The van der Waals surface area contributed by atoms with Crippen molar-refractivity contribution in [2.24, 2.45) is 0 Å². The van der Waals surface area contributed by atoms with Gasteiger partial charge >= 0.3 is 0 Å². The Morgan fingerprint density at radius 3 is 2.68 bits per heavy atom. The standard InChI is InChI=1S/C22H19BrN2O2S/c1-25(21(26)14-27-16-10-8-15(23)9-11-16)22(20-7-4-12-28-20)18-13-24-19-6-3-2-5-17(18)19/h2-13,22,24H,14H2,1H3. The van der Waals surface area contributed by atoms with Crippen LogP contribution in [0, 0.1) is 0 Å². The van der Waals surface area contributed by atoms with Crippen LogP contribution in [0.15, 0.2) is 76.7 Å². The SMILES string of the molecule is CN(C(=O)COc1ccc(Br)cc1)C(c1cccs1)c1c[nH]c2ccccc12. The molecule has 0 aliphatic rings. The number of carbonyl (C=O) groups excluding carboxylic acids is 1. The van der Waals surface area contributed by atoms with Crippen LogP contribution in [-0.2, 0) is 4.79 Å². The van der Waals surface area contributed by atoms with Crippen LogP contribution in [0.2, 0.25) is 0 Å². The number of nitrogens with one attached hydrogen (secondary N) is 1. The van der Waals surface area contributed by atoms with Crippen molar-refractivity contribution < 1.29 is 9.53 Å². The van der Waals surface area contributed by atoms with Gasteiger partial charge in [-0.1, -0.05) is 40.2 Å². The first kappa shape index (κ1) is 18.8. The van der Waals surface area contributed by atoms with E-state index in [0.717, 1.165) is 25.8 Å². The van der Waals surface area contributed by atoms with Gasteiger partial charge < -0.3 is 14.6 Å². The molecule has 4 nitrogen and oxygen atoms in total. The number of rotatable bonds is 6. The van der Waals surface area contributed by atoms with E-state index < -0.39 is 0 Å². The summed E-state index contributed by atoms with van der Waals surface area (Å²) in [7, 11) is 1.83. The minimum absolute atomic E-state index is 0.0115. The van der Waals surface area contributed by atoms with Gasteiger partial charge in [-0.15, -0.1) is 11.3 Å². The molecule has 0 saturated heterocycles. The fourth-order valence-electron chi connectivity index (χ4n) is 3.24. The van der Waals surface area contributed by atoms with Crippen LogP contribution in [0.25, 0.3) is 10.9 Å². The summed E-state index contributed by atoms with van der Waals surface area (Å²) in [5.74, 6) is 0.594. The highest BCUT2D eigenvalue weighted by atomic mass is 79.9. The smallest absolute Gasteiger partial charge is 0.261 e. The van der Waals surface area contributed by atoms with Crippen LogP contribution in [-0.4, -0.2) is 29.4 Å². The number of nitrogens with zero attached hydrogens (tertiary/aromatic N) is 1. The highest BCUT2D eigenvalue weighted by Gasteiger charge is 2.27. The molecule has 4 rings (SSSR count). The first-order valence-electron chi connectivity index (χ1n) is 8.87. The summed E-state index contributed by atoms with van der Waals surface area (Å²) in [6, 6.07) is 19.5. The zero-order chi connectivity index (χ0) is 19.5. The zero-order valence-electron chi connectivity index (χ0n) is 15.3. The molecule has 0 bridgehead atoms. The van der Waals surface area contributed by atoms with Crippen LogP contribution in [0.5, 0.6) is 5.75 Å². The highest BCUT2D eigenvalue weighted by molar-refractivity contribution is 9.10. The molecule has 1 N–H and O–H groups in total. The number of ether oxygens (including phenoxy) is 1. The van der Waals surface area contributed by atoms with Gasteiger partial charge in [0, 0.05) is 39.1 Å². The maximum atomic E-state index is 12.9. The third kappa shape index (κ3) is 3.84.